The van der Waals surface area contributed by atoms with Crippen LogP contribution in [0.2, 0.25) is 0 Å². The highest BCUT2D eigenvalue weighted by Gasteiger charge is 2.23. The van der Waals surface area contributed by atoms with Gasteiger partial charge in [0.2, 0.25) is 0 Å². The summed E-state index contributed by atoms with van der Waals surface area (Å²) >= 11 is 1.74. The summed E-state index contributed by atoms with van der Waals surface area (Å²) in [7, 11) is 0. The number of nitrogens with zero attached hydrogens (tertiary/aromatic N) is 3. The zero-order valence-electron chi connectivity index (χ0n) is 15.6. The minimum Gasteiger partial charge on any atom is -0.484 e. The Hall–Kier alpha value is -2.60. The van der Waals surface area contributed by atoms with Crippen LogP contribution in [-0.4, -0.2) is 48.6 Å². The molecule has 140 valence electrons. The molecular weight excluding hydrogens is 358 g/mol. The van der Waals surface area contributed by atoms with Gasteiger partial charge in [-0.25, -0.2) is 4.98 Å². The van der Waals surface area contributed by atoms with Gasteiger partial charge in [0.25, 0.3) is 5.91 Å². The van der Waals surface area contributed by atoms with Crippen LogP contribution in [0, 0.1) is 13.8 Å². The van der Waals surface area contributed by atoms with Gasteiger partial charge in [0.15, 0.2) is 11.7 Å². The number of hydrogen-bond acceptors (Lipinski definition) is 5. The Bertz CT molecular complexity index is 947. The van der Waals surface area contributed by atoms with E-state index in [1.165, 1.54) is 15.8 Å². The molecule has 0 aliphatic carbocycles. The smallest absolute Gasteiger partial charge is 0.260 e. The quantitative estimate of drug-likeness (QED) is 0.692. The van der Waals surface area contributed by atoms with E-state index in [-0.39, 0.29) is 12.5 Å². The van der Waals surface area contributed by atoms with Gasteiger partial charge in [-0.2, -0.15) is 0 Å². The Balaban J connectivity index is 1.36. The molecule has 2 heterocycles. The van der Waals surface area contributed by atoms with Gasteiger partial charge in [0, 0.05) is 26.2 Å². The molecule has 2 aromatic carbocycles. The number of para-hydroxylation sites is 1. The predicted octanol–water partition coefficient (Wildman–Crippen LogP) is 3.64. The minimum atomic E-state index is 0.0364. The second kappa shape index (κ2) is 7.56. The Morgan fingerprint density at radius 2 is 1.85 bits per heavy atom. The number of carbonyl (C=O) groups is 1. The highest BCUT2D eigenvalue weighted by Crippen LogP contribution is 2.32. The van der Waals surface area contributed by atoms with Gasteiger partial charge in [-0.3, -0.25) is 4.79 Å². The van der Waals surface area contributed by atoms with Crippen LogP contribution in [0.15, 0.2) is 42.5 Å². The molecule has 0 unspecified atom stereocenters. The first-order valence-corrected chi connectivity index (χ1v) is 10.00. The number of amides is 1. The number of thiazole rings is 1. The average Bonchev–Trinajstić information content (AvgIpc) is 3.11. The Morgan fingerprint density at radius 1 is 1.11 bits per heavy atom. The number of ether oxygens (including phenoxy) is 1. The van der Waals surface area contributed by atoms with Crippen molar-refractivity contribution in [3.05, 3.63) is 53.6 Å². The molecule has 1 aromatic heterocycles. The number of benzene rings is 2. The molecule has 1 amide bonds. The number of piperazine rings is 1. The van der Waals surface area contributed by atoms with Crippen LogP contribution in [0.3, 0.4) is 0 Å². The summed E-state index contributed by atoms with van der Waals surface area (Å²) in [5, 5.41) is 1.05. The molecule has 0 radical (unpaired) electrons. The van der Waals surface area contributed by atoms with E-state index < -0.39 is 0 Å². The molecule has 0 atom stereocenters. The van der Waals surface area contributed by atoms with E-state index in [9.17, 15) is 4.79 Å². The lowest BCUT2D eigenvalue weighted by Gasteiger charge is -2.34. The van der Waals surface area contributed by atoms with Crippen molar-refractivity contribution in [1.29, 1.82) is 0 Å². The highest BCUT2D eigenvalue weighted by atomic mass is 32.1. The molecule has 1 fully saturated rings. The van der Waals surface area contributed by atoms with Crippen LogP contribution in [0.25, 0.3) is 10.2 Å². The first-order chi connectivity index (χ1) is 13.1. The van der Waals surface area contributed by atoms with Gasteiger partial charge in [0.1, 0.15) is 5.75 Å². The normalized spacial score (nSPS) is 14.6. The molecule has 5 nitrogen and oxygen atoms in total. The van der Waals surface area contributed by atoms with Crippen molar-refractivity contribution in [2.45, 2.75) is 13.8 Å². The standard InChI is InChI=1S/C21H23N3O2S/c1-15-12-16(2)20-18(13-15)27-21(22-20)24-10-8-23(9-11-24)19(25)14-26-17-6-4-3-5-7-17/h3-7,12-13H,8-11,14H2,1-2H3. The number of hydrogen-bond donors (Lipinski definition) is 0. The summed E-state index contributed by atoms with van der Waals surface area (Å²) in [6, 6.07) is 13.8. The van der Waals surface area contributed by atoms with Gasteiger partial charge in [-0.1, -0.05) is 35.6 Å². The van der Waals surface area contributed by atoms with Crippen LogP contribution in [0.5, 0.6) is 5.75 Å². The molecule has 0 bridgehead atoms. The van der Waals surface area contributed by atoms with E-state index in [1.807, 2.05) is 35.2 Å². The fourth-order valence-corrected chi connectivity index (χ4v) is 4.59. The summed E-state index contributed by atoms with van der Waals surface area (Å²) in [4.78, 5) is 21.4. The molecule has 27 heavy (non-hydrogen) atoms. The fraction of sp³-hybridized carbons (Fsp3) is 0.333. The molecule has 1 saturated heterocycles. The Labute approximate surface area is 163 Å². The number of aryl methyl sites for hydroxylation is 2. The first-order valence-electron chi connectivity index (χ1n) is 9.18. The van der Waals surface area contributed by atoms with Crippen molar-refractivity contribution in [2.75, 3.05) is 37.7 Å². The molecule has 0 spiro atoms. The van der Waals surface area contributed by atoms with Gasteiger partial charge in [-0.15, -0.1) is 0 Å². The maximum atomic E-state index is 12.4. The van der Waals surface area contributed by atoms with Gasteiger partial charge in [-0.05, 0) is 43.2 Å². The lowest BCUT2D eigenvalue weighted by molar-refractivity contribution is -0.133. The fourth-order valence-electron chi connectivity index (χ4n) is 3.39. The number of aromatic nitrogens is 1. The molecule has 4 rings (SSSR count). The third kappa shape index (κ3) is 3.90. The largest absolute Gasteiger partial charge is 0.484 e. The number of carbonyl (C=O) groups excluding carboxylic acids is 1. The van der Waals surface area contributed by atoms with Crippen molar-refractivity contribution in [3.63, 3.8) is 0 Å². The second-order valence-electron chi connectivity index (χ2n) is 6.89. The van der Waals surface area contributed by atoms with Crippen molar-refractivity contribution < 1.29 is 9.53 Å². The summed E-state index contributed by atoms with van der Waals surface area (Å²) in [6.45, 7) is 7.32. The maximum absolute atomic E-state index is 12.4. The van der Waals surface area contributed by atoms with E-state index in [1.54, 1.807) is 11.3 Å². The van der Waals surface area contributed by atoms with Gasteiger partial charge < -0.3 is 14.5 Å². The molecule has 0 saturated carbocycles. The zero-order valence-corrected chi connectivity index (χ0v) is 16.5. The van der Waals surface area contributed by atoms with Crippen molar-refractivity contribution in [1.82, 2.24) is 9.88 Å². The van der Waals surface area contributed by atoms with E-state index in [0.717, 1.165) is 29.5 Å². The summed E-state index contributed by atoms with van der Waals surface area (Å²) in [6.07, 6.45) is 0. The van der Waals surface area contributed by atoms with Gasteiger partial charge >= 0.3 is 0 Å². The molecule has 0 N–H and O–H groups in total. The van der Waals surface area contributed by atoms with E-state index >= 15 is 0 Å². The van der Waals surface area contributed by atoms with E-state index in [2.05, 4.69) is 30.9 Å². The molecule has 1 aliphatic rings. The monoisotopic (exact) mass is 381 g/mol. The Kier molecular flexibility index (Phi) is 4.99. The van der Waals surface area contributed by atoms with Crippen molar-refractivity contribution in [2.24, 2.45) is 0 Å². The summed E-state index contributed by atoms with van der Waals surface area (Å²) in [5.74, 6) is 0.763. The average molecular weight is 382 g/mol. The van der Waals surface area contributed by atoms with Crippen molar-refractivity contribution in [3.8, 4) is 5.75 Å². The number of rotatable bonds is 4. The van der Waals surface area contributed by atoms with Crippen LogP contribution >= 0.6 is 11.3 Å². The topological polar surface area (TPSA) is 45.7 Å². The van der Waals surface area contributed by atoms with Crippen LogP contribution < -0.4 is 9.64 Å². The van der Waals surface area contributed by atoms with Crippen LogP contribution in [0.1, 0.15) is 11.1 Å². The highest BCUT2D eigenvalue weighted by molar-refractivity contribution is 7.22. The third-order valence-corrected chi connectivity index (χ3v) is 5.89. The molecule has 1 aliphatic heterocycles. The third-order valence-electron chi connectivity index (χ3n) is 4.83. The summed E-state index contributed by atoms with van der Waals surface area (Å²) < 4.78 is 6.82. The first kappa shape index (κ1) is 17.8. The second-order valence-corrected chi connectivity index (χ2v) is 7.90. The van der Waals surface area contributed by atoms with E-state index in [4.69, 9.17) is 9.72 Å². The number of fused-ring (bicyclic) bond motifs is 1. The zero-order chi connectivity index (χ0) is 18.8. The number of anilines is 1. The lowest BCUT2D eigenvalue weighted by atomic mass is 10.1. The van der Waals surface area contributed by atoms with Crippen LogP contribution in [0.4, 0.5) is 5.13 Å². The van der Waals surface area contributed by atoms with Gasteiger partial charge in [0.05, 0.1) is 10.2 Å². The molecule has 3 aromatic rings. The minimum absolute atomic E-state index is 0.0364. The molecular formula is C21H23N3O2S. The van der Waals surface area contributed by atoms with Crippen LogP contribution in [-0.2, 0) is 4.79 Å². The predicted molar refractivity (Wildman–Crippen MR) is 110 cm³/mol. The van der Waals surface area contributed by atoms with Crippen molar-refractivity contribution >= 4 is 32.6 Å². The SMILES string of the molecule is Cc1cc(C)c2nc(N3CCN(C(=O)COc4ccccc4)CC3)sc2c1. The summed E-state index contributed by atoms with van der Waals surface area (Å²) in [5.41, 5.74) is 3.58. The van der Waals surface area contributed by atoms with E-state index in [0.29, 0.717) is 13.1 Å². The lowest BCUT2D eigenvalue weighted by Crippen LogP contribution is -2.50. The maximum Gasteiger partial charge on any atom is 0.260 e. The molecule has 6 heteroatoms. The Morgan fingerprint density at radius 3 is 2.59 bits per heavy atom.